The van der Waals surface area contributed by atoms with Gasteiger partial charge >= 0.3 is 12.2 Å². The van der Waals surface area contributed by atoms with Crippen LogP contribution in [0.1, 0.15) is 27.9 Å². The molecule has 0 unspecified atom stereocenters. The molecule has 1 aliphatic rings. The van der Waals surface area contributed by atoms with Gasteiger partial charge in [0.2, 0.25) is 0 Å². The van der Waals surface area contributed by atoms with Crippen molar-refractivity contribution in [2.75, 3.05) is 23.3 Å². The van der Waals surface area contributed by atoms with Gasteiger partial charge in [0, 0.05) is 36.6 Å². The fourth-order valence-electron chi connectivity index (χ4n) is 3.74. The van der Waals surface area contributed by atoms with Gasteiger partial charge in [-0.05, 0) is 54.4 Å². The number of halogens is 3. The van der Waals surface area contributed by atoms with Crippen LogP contribution in [-0.4, -0.2) is 29.9 Å². The van der Waals surface area contributed by atoms with E-state index in [9.17, 15) is 22.8 Å². The van der Waals surface area contributed by atoms with E-state index < -0.39 is 17.6 Å². The molecule has 8 heteroatoms. The van der Waals surface area contributed by atoms with Crippen molar-refractivity contribution < 1.29 is 22.8 Å². The number of alkyl halides is 3. The Balaban J connectivity index is 1.43. The van der Waals surface area contributed by atoms with E-state index in [-0.39, 0.29) is 17.3 Å². The fourth-order valence-corrected chi connectivity index (χ4v) is 3.74. The second kappa shape index (κ2) is 9.36. The van der Waals surface area contributed by atoms with Crippen LogP contribution in [0.15, 0.2) is 78.9 Å². The Morgan fingerprint density at radius 3 is 2.33 bits per heavy atom. The molecule has 3 aromatic rings. The molecule has 0 spiro atoms. The number of hydrogen-bond acceptors (Lipinski definition) is 2. The number of amides is 3. The molecule has 0 aliphatic carbocycles. The molecule has 1 N–H and O–H groups in total. The van der Waals surface area contributed by atoms with Crippen LogP contribution in [0.2, 0.25) is 0 Å². The summed E-state index contributed by atoms with van der Waals surface area (Å²) in [5, 5.41) is 2.49. The van der Waals surface area contributed by atoms with Gasteiger partial charge in [0.1, 0.15) is 0 Å². The zero-order chi connectivity index (χ0) is 23.4. The summed E-state index contributed by atoms with van der Waals surface area (Å²) in [7, 11) is 0. The maximum absolute atomic E-state index is 13.0. The monoisotopic (exact) mass is 453 g/mol. The molecule has 0 bridgehead atoms. The molecule has 5 nitrogen and oxygen atoms in total. The smallest absolute Gasteiger partial charge is 0.322 e. The number of benzene rings is 3. The van der Waals surface area contributed by atoms with E-state index in [2.05, 4.69) is 5.32 Å². The molecule has 0 saturated carbocycles. The number of nitrogens with zero attached hydrogens (tertiary/aromatic N) is 2. The summed E-state index contributed by atoms with van der Waals surface area (Å²) in [5.41, 5.74) is 1.21. The predicted octanol–water partition coefficient (Wildman–Crippen LogP) is 5.79. The lowest BCUT2D eigenvalue weighted by Crippen LogP contribution is -2.49. The second-order valence-electron chi connectivity index (χ2n) is 7.77. The number of hydrogen-bond donors (Lipinski definition) is 1. The van der Waals surface area contributed by atoms with E-state index in [1.54, 1.807) is 34.1 Å². The van der Waals surface area contributed by atoms with Crippen LogP contribution < -0.4 is 10.2 Å². The van der Waals surface area contributed by atoms with E-state index >= 15 is 0 Å². The lowest BCUT2D eigenvalue weighted by molar-refractivity contribution is -0.137. The van der Waals surface area contributed by atoms with Gasteiger partial charge in [-0.15, -0.1) is 0 Å². The molecular formula is C25H22F3N3O2. The molecule has 1 fully saturated rings. The number of carbonyl (C=O) groups is 2. The summed E-state index contributed by atoms with van der Waals surface area (Å²) < 4.78 is 38.6. The number of nitrogens with one attached hydrogen (secondary N) is 1. The maximum atomic E-state index is 13.0. The van der Waals surface area contributed by atoms with Gasteiger partial charge in [0.05, 0.1) is 5.56 Å². The summed E-state index contributed by atoms with van der Waals surface area (Å²) in [6.07, 6.45) is -3.67. The largest absolute Gasteiger partial charge is 0.416 e. The van der Waals surface area contributed by atoms with E-state index in [0.717, 1.165) is 24.1 Å². The van der Waals surface area contributed by atoms with Gasteiger partial charge in [-0.25, -0.2) is 4.79 Å². The van der Waals surface area contributed by atoms with Crippen molar-refractivity contribution in [2.24, 2.45) is 0 Å². The van der Waals surface area contributed by atoms with Crippen LogP contribution in [0.4, 0.5) is 29.3 Å². The van der Waals surface area contributed by atoms with E-state index in [0.29, 0.717) is 25.3 Å². The van der Waals surface area contributed by atoms with Crippen molar-refractivity contribution in [1.29, 1.82) is 0 Å². The Morgan fingerprint density at radius 1 is 0.909 bits per heavy atom. The first kappa shape index (κ1) is 22.4. The average molecular weight is 453 g/mol. The fraction of sp³-hybridized carbons (Fsp3) is 0.200. The summed E-state index contributed by atoms with van der Waals surface area (Å²) in [5.74, 6) is -0.531. The van der Waals surface area contributed by atoms with Crippen molar-refractivity contribution in [3.63, 3.8) is 0 Å². The number of anilines is 2. The topological polar surface area (TPSA) is 52.7 Å². The Morgan fingerprint density at radius 2 is 1.64 bits per heavy atom. The SMILES string of the molecule is O=C(Nc1cccc(C(F)(F)F)c1)c1ccc(N2CCCN(Cc3ccccc3)C2=O)cc1. The van der Waals surface area contributed by atoms with Crippen molar-refractivity contribution in [3.8, 4) is 0 Å². The molecule has 0 radical (unpaired) electrons. The molecule has 1 saturated heterocycles. The minimum Gasteiger partial charge on any atom is -0.322 e. The van der Waals surface area contributed by atoms with Gasteiger partial charge in [-0.2, -0.15) is 13.2 Å². The van der Waals surface area contributed by atoms with Crippen LogP contribution in [0.3, 0.4) is 0 Å². The second-order valence-corrected chi connectivity index (χ2v) is 7.77. The van der Waals surface area contributed by atoms with Crippen molar-refractivity contribution in [3.05, 3.63) is 95.6 Å². The number of urea groups is 1. The molecule has 1 aliphatic heterocycles. The molecule has 170 valence electrons. The third-order valence-electron chi connectivity index (χ3n) is 5.42. The standard InChI is InChI=1S/C25H22F3N3O2/c26-25(27,28)20-8-4-9-21(16-20)29-23(32)19-10-12-22(13-11-19)31-15-5-14-30(24(31)33)17-18-6-2-1-3-7-18/h1-4,6-13,16H,5,14-15,17H2,(H,29,32). The van der Waals surface area contributed by atoms with E-state index in [1.807, 2.05) is 30.3 Å². The highest BCUT2D eigenvalue weighted by Gasteiger charge is 2.30. The molecule has 33 heavy (non-hydrogen) atoms. The van der Waals surface area contributed by atoms with Gasteiger partial charge in [-0.3, -0.25) is 9.69 Å². The molecule has 0 atom stereocenters. The zero-order valence-electron chi connectivity index (χ0n) is 17.7. The van der Waals surface area contributed by atoms with Crippen molar-refractivity contribution >= 4 is 23.3 Å². The number of carbonyl (C=O) groups excluding carboxylic acids is 2. The first-order valence-corrected chi connectivity index (χ1v) is 10.5. The van der Waals surface area contributed by atoms with Crippen LogP contribution in [0, 0.1) is 0 Å². The van der Waals surface area contributed by atoms with Crippen LogP contribution >= 0.6 is 0 Å². The van der Waals surface area contributed by atoms with Crippen LogP contribution in [-0.2, 0) is 12.7 Å². The molecule has 1 heterocycles. The van der Waals surface area contributed by atoms with Crippen LogP contribution in [0.25, 0.3) is 0 Å². The van der Waals surface area contributed by atoms with Gasteiger partial charge in [0.25, 0.3) is 5.91 Å². The molecule has 3 amide bonds. The summed E-state index contributed by atoms with van der Waals surface area (Å²) in [4.78, 5) is 28.9. The molecule has 0 aromatic heterocycles. The highest BCUT2D eigenvalue weighted by molar-refractivity contribution is 6.04. The number of rotatable bonds is 5. The maximum Gasteiger partial charge on any atom is 0.416 e. The van der Waals surface area contributed by atoms with Gasteiger partial charge in [-0.1, -0.05) is 36.4 Å². The summed E-state index contributed by atoms with van der Waals surface area (Å²) in [6, 6.07) is 20.6. The Hall–Kier alpha value is -3.81. The Labute approximate surface area is 189 Å². The molecule has 4 rings (SSSR count). The minimum absolute atomic E-state index is 0.0571. The first-order chi connectivity index (χ1) is 15.8. The normalized spacial score (nSPS) is 14.3. The van der Waals surface area contributed by atoms with E-state index in [1.165, 1.54) is 12.1 Å². The third kappa shape index (κ3) is 5.34. The first-order valence-electron chi connectivity index (χ1n) is 10.5. The Kier molecular flexibility index (Phi) is 6.35. The summed E-state index contributed by atoms with van der Waals surface area (Å²) >= 11 is 0. The van der Waals surface area contributed by atoms with Crippen molar-refractivity contribution in [1.82, 2.24) is 4.90 Å². The Bertz CT molecular complexity index is 1130. The lowest BCUT2D eigenvalue weighted by atomic mass is 10.1. The van der Waals surface area contributed by atoms with E-state index in [4.69, 9.17) is 0 Å². The molecule has 3 aromatic carbocycles. The lowest BCUT2D eigenvalue weighted by Gasteiger charge is -2.35. The summed E-state index contributed by atoms with van der Waals surface area (Å²) in [6.45, 7) is 1.76. The van der Waals surface area contributed by atoms with Gasteiger partial charge < -0.3 is 10.2 Å². The van der Waals surface area contributed by atoms with Crippen molar-refractivity contribution in [2.45, 2.75) is 19.1 Å². The zero-order valence-corrected chi connectivity index (χ0v) is 17.7. The predicted molar refractivity (Wildman–Crippen MR) is 120 cm³/mol. The van der Waals surface area contributed by atoms with Gasteiger partial charge in [0.15, 0.2) is 0 Å². The highest BCUT2D eigenvalue weighted by atomic mass is 19.4. The third-order valence-corrected chi connectivity index (χ3v) is 5.42. The molecular weight excluding hydrogens is 431 g/mol. The van der Waals surface area contributed by atoms with Crippen LogP contribution in [0.5, 0.6) is 0 Å². The highest BCUT2D eigenvalue weighted by Crippen LogP contribution is 2.31. The average Bonchev–Trinajstić information content (AvgIpc) is 2.81. The minimum atomic E-state index is -4.49. The quantitative estimate of drug-likeness (QED) is 0.532.